The van der Waals surface area contributed by atoms with Crippen LogP contribution in [-0.4, -0.2) is 61.0 Å². The van der Waals surface area contributed by atoms with Crippen LogP contribution in [0.3, 0.4) is 0 Å². The minimum Gasteiger partial charge on any atom is -0.377 e. The third-order valence-corrected chi connectivity index (χ3v) is 5.73. The van der Waals surface area contributed by atoms with Crippen LogP contribution in [0, 0.1) is 11.3 Å². The molecule has 29 heavy (non-hydrogen) atoms. The van der Waals surface area contributed by atoms with Crippen molar-refractivity contribution in [2.45, 2.75) is 31.0 Å². The Labute approximate surface area is 172 Å². The predicted octanol–water partition coefficient (Wildman–Crippen LogP) is 2.86. The minimum absolute atomic E-state index is 0.144. The molecule has 2 fully saturated rings. The van der Waals surface area contributed by atoms with E-state index in [0.29, 0.717) is 18.7 Å². The van der Waals surface area contributed by atoms with Gasteiger partial charge in [-0.25, -0.2) is 4.98 Å². The summed E-state index contributed by atoms with van der Waals surface area (Å²) in [5.41, 5.74) is 1.73. The van der Waals surface area contributed by atoms with Crippen molar-refractivity contribution in [3.8, 4) is 6.07 Å². The van der Waals surface area contributed by atoms with Gasteiger partial charge in [0.25, 0.3) is 0 Å². The third kappa shape index (κ3) is 5.33. The zero-order valence-corrected chi connectivity index (χ0v) is 16.7. The van der Waals surface area contributed by atoms with Gasteiger partial charge in [0.05, 0.1) is 24.9 Å². The Morgan fingerprint density at radius 1 is 1.24 bits per heavy atom. The van der Waals surface area contributed by atoms with Gasteiger partial charge >= 0.3 is 0 Å². The Balaban J connectivity index is 1.29. The normalized spacial score (nSPS) is 24.9. The first-order valence-electron chi connectivity index (χ1n) is 10.4. The Morgan fingerprint density at radius 3 is 2.93 bits per heavy atom. The summed E-state index contributed by atoms with van der Waals surface area (Å²) in [5.74, 6) is 0.773. The van der Waals surface area contributed by atoms with E-state index in [4.69, 9.17) is 14.7 Å². The van der Waals surface area contributed by atoms with E-state index in [1.54, 1.807) is 12.3 Å². The topological polar surface area (TPSA) is 70.4 Å². The number of hydrogen-bond acceptors (Lipinski definition) is 6. The minimum atomic E-state index is -0.211. The molecular formula is C23H28N4O2. The number of hydrogen-bond donors (Lipinski definition) is 1. The van der Waals surface area contributed by atoms with Crippen molar-refractivity contribution >= 4 is 5.82 Å². The fraction of sp³-hybridized carbons (Fsp3) is 0.478. The van der Waals surface area contributed by atoms with Gasteiger partial charge in [0.1, 0.15) is 17.5 Å². The molecule has 0 bridgehead atoms. The zero-order chi connectivity index (χ0) is 19.9. The average Bonchev–Trinajstić information content (AvgIpc) is 3.05. The molecule has 1 N–H and O–H groups in total. The Hall–Kier alpha value is -2.46. The quantitative estimate of drug-likeness (QED) is 0.815. The van der Waals surface area contributed by atoms with E-state index in [1.165, 1.54) is 5.56 Å². The number of nitriles is 1. The van der Waals surface area contributed by atoms with Crippen LogP contribution < -0.4 is 5.32 Å². The van der Waals surface area contributed by atoms with Crippen LogP contribution in [0.15, 0.2) is 48.7 Å². The van der Waals surface area contributed by atoms with Gasteiger partial charge in [-0.05, 0) is 37.0 Å². The Morgan fingerprint density at radius 2 is 2.14 bits per heavy atom. The van der Waals surface area contributed by atoms with Crippen molar-refractivity contribution < 1.29 is 9.47 Å². The van der Waals surface area contributed by atoms with Gasteiger partial charge in [-0.3, -0.25) is 4.90 Å². The van der Waals surface area contributed by atoms with Crippen LogP contribution >= 0.6 is 0 Å². The predicted molar refractivity (Wildman–Crippen MR) is 112 cm³/mol. The lowest BCUT2D eigenvalue weighted by Gasteiger charge is -2.32. The molecule has 0 amide bonds. The second-order valence-corrected chi connectivity index (χ2v) is 7.95. The summed E-state index contributed by atoms with van der Waals surface area (Å²) in [5, 5.41) is 12.2. The molecule has 0 aliphatic carbocycles. The van der Waals surface area contributed by atoms with Crippen LogP contribution in [0.5, 0.6) is 0 Å². The fourth-order valence-corrected chi connectivity index (χ4v) is 4.15. The monoisotopic (exact) mass is 392 g/mol. The number of benzene rings is 1. The van der Waals surface area contributed by atoms with E-state index >= 15 is 0 Å². The molecule has 152 valence electrons. The smallest absolute Gasteiger partial charge is 0.126 e. The van der Waals surface area contributed by atoms with Crippen molar-refractivity contribution in [2.24, 2.45) is 0 Å². The van der Waals surface area contributed by atoms with Crippen molar-refractivity contribution in [1.82, 2.24) is 9.88 Å². The molecule has 2 atom stereocenters. The van der Waals surface area contributed by atoms with Crippen molar-refractivity contribution in [2.75, 3.05) is 44.7 Å². The highest BCUT2D eigenvalue weighted by Gasteiger charge is 2.42. The molecule has 0 unspecified atom stereocenters. The van der Waals surface area contributed by atoms with Gasteiger partial charge < -0.3 is 14.8 Å². The molecule has 1 aromatic heterocycles. The summed E-state index contributed by atoms with van der Waals surface area (Å²) in [6.45, 7) is 5.04. The summed E-state index contributed by atoms with van der Waals surface area (Å²) in [7, 11) is 0. The Kier molecular flexibility index (Phi) is 6.40. The van der Waals surface area contributed by atoms with Crippen molar-refractivity contribution in [1.29, 1.82) is 5.26 Å². The van der Waals surface area contributed by atoms with E-state index in [9.17, 15) is 0 Å². The SMILES string of the molecule is N#Cc1ccc(NC[C@H]2CC[C@@]3(COCCN(CCc4ccccc4)C3)O2)nc1. The third-order valence-electron chi connectivity index (χ3n) is 5.73. The maximum absolute atomic E-state index is 8.87. The van der Waals surface area contributed by atoms with Gasteiger partial charge in [-0.2, -0.15) is 5.26 Å². The molecule has 3 heterocycles. The number of nitrogens with zero attached hydrogens (tertiary/aromatic N) is 3. The van der Waals surface area contributed by atoms with E-state index < -0.39 is 0 Å². The van der Waals surface area contributed by atoms with Crippen LogP contribution in [0.2, 0.25) is 0 Å². The molecule has 2 saturated heterocycles. The first kappa shape index (κ1) is 19.8. The largest absolute Gasteiger partial charge is 0.377 e. The highest BCUT2D eigenvalue weighted by Crippen LogP contribution is 2.33. The first-order valence-corrected chi connectivity index (χ1v) is 10.4. The summed E-state index contributed by atoms with van der Waals surface area (Å²) >= 11 is 0. The van der Waals surface area contributed by atoms with Gasteiger partial charge in [0.15, 0.2) is 0 Å². The molecule has 0 radical (unpaired) electrons. The molecule has 6 heteroatoms. The molecule has 4 rings (SSSR count). The average molecular weight is 393 g/mol. The maximum Gasteiger partial charge on any atom is 0.126 e. The highest BCUT2D eigenvalue weighted by atomic mass is 16.6. The summed E-state index contributed by atoms with van der Waals surface area (Å²) < 4.78 is 12.4. The van der Waals surface area contributed by atoms with E-state index in [2.05, 4.69) is 51.6 Å². The molecule has 2 aliphatic heterocycles. The number of aromatic nitrogens is 1. The zero-order valence-electron chi connectivity index (χ0n) is 16.7. The number of rotatable bonds is 6. The highest BCUT2D eigenvalue weighted by molar-refractivity contribution is 5.39. The van der Waals surface area contributed by atoms with E-state index in [1.807, 2.05) is 6.07 Å². The number of anilines is 1. The van der Waals surface area contributed by atoms with Gasteiger partial charge in [-0.1, -0.05) is 30.3 Å². The molecule has 2 aliphatic rings. The standard InChI is InChI=1S/C23H28N4O2/c24-14-20-6-7-22(25-15-20)26-16-21-8-10-23(29-21)17-27(12-13-28-18-23)11-9-19-4-2-1-3-5-19/h1-7,15,21H,8-13,16-18H2,(H,25,26)/t21-,23-/m1/s1. The summed E-state index contributed by atoms with van der Waals surface area (Å²) in [6, 6.07) is 16.3. The second kappa shape index (κ2) is 9.36. The molecule has 1 aromatic carbocycles. The maximum atomic E-state index is 8.87. The van der Waals surface area contributed by atoms with Crippen LogP contribution in [0.4, 0.5) is 5.82 Å². The lowest BCUT2D eigenvalue weighted by atomic mass is 10.00. The number of nitrogens with one attached hydrogen (secondary N) is 1. The van der Waals surface area contributed by atoms with Crippen LogP contribution in [-0.2, 0) is 15.9 Å². The molecule has 1 spiro atoms. The van der Waals surface area contributed by atoms with Gasteiger partial charge in [0.2, 0.25) is 0 Å². The Bertz CT molecular complexity index is 821. The van der Waals surface area contributed by atoms with Crippen molar-refractivity contribution in [3.05, 3.63) is 59.8 Å². The van der Waals surface area contributed by atoms with E-state index in [-0.39, 0.29) is 11.7 Å². The lowest BCUT2D eigenvalue weighted by Crippen LogP contribution is -2.45. The second-order valence-electron chi connectivity index (χ2n) is 7.95. The summed E-state index contributed by atoms with van der Waals surface area (Å²) in [6.07, 6.45) is 4.81. The van der Waals surface area contributed by atoms with Gasteiger partial charge in [-0.15, -0.1) is 0 Å². The first-order chi connectivity index (χ1) is 14.2. The van der Waals surface area contributed by atoms with Crippen LogP contribution in [0.1, 0.15) is 24.0 Å². The lowest BCUT2D eigenvalue weighted by molar-refractivity contribution is -0.0820. The number of pyridine rings is 1. The summed E-state index contributed by atoms with van der Waals surface area (Å²) in [4.78, 5) is 6.76. The molecule has 2 aromatic rings. The molecule has 0 saturated carbocycles. The number of ether oxygens (including phenoxy) is 2. The van der Waals surface area contributed by atoms with Gasteiger partial charge in [0, 0.05) is 32.4 Å². The molecular weight excluding hydrogens is 364 g/mol. The van der Waals surface area contributed by atoms with Crippen molar-refractivity contribution in [3.63, 3.8) is 0 Å². The fourth-order valence-electron chi connectivity index (χ4n) is 4.15. The van der Waals surface area contributed by atoms with Crippen LogP contribution in [0.25, 0.3) is 0 Å². The van der Waals surface area contributed by atoms with E-state index in [0.717, 1.165) is 51.3 Å². The molecule has 6 nitrogen and oxygen atoms in total.